The number of hydrogen-bond acceptors (Lipinski definition) is 5. The standard InChI is InChI=1S/C19H21F2N3O4S/c1-3-24(4-2)29(26,27)16-10-7-9-14(12-16)18(25)23-22-13-15-8-5-6-11-17(15)28-19(20)21/h5-13,19H,3-4H2,1-2H3,(H,23,25). The van der Waals surface area contributed by atoms with Crippen molar-refractivity contribution in [1.29, 1.82) is 0 Å². The SMILES string of the molecule is CCN(CC)S(=O)(=O)c1cccc(C(=O)NN=Cc2ccccc2OC(F)F)c1. The van der Waals surface area contributed by atoms with Crippen molar-refractivity contribution in [2.75, 3.05) is 13.1 Å². The highest BCUT2D eigenvalue weighted by Gasteiger charge is 2.22. The van der Waals surface area contributed by atoms with Gasteiger partial charge in [0.05, 0.1) is 11.1 Å². The van der Waals surface area contributed by atoms with Gasteiger partial charge in [-0.2, -0.15) is 18.2 Å². The molecule has 0 bridgehead atoms. The van der Waals surface area contributed by atoms with Gasteiger partial charge in [0.1, 0.15) is 5.75 Å². The first-order valence-corrected chi connectivity index (χ1v) is 10.2. The van der Waals surface area contributed by atoms with Crippen molar-refractivity contribution in [1.82, 2.24) is 9.73 Å². The number of nitrogens with zero attached hydrogens (tertiary/aromatic N) is 2. The number of amides is 1. The fourth-order valence-corrected chi connectivity index (χ4v) is 4.03. The predicted octanol–water partition coefficient (Wildman–Crippen LogP) is 3.08. The van der Waals surface area contributed by atoms with Gasteiger partial charge in [-0.25, -0.2) is 13.8 Å². The van der Waals surface area contributed by atoms with Crippen LogP contribution in [0.5, 0.6) is 5.75 Å². The molecule has 0 heterocycles. The van der Waals surface area contributed by atoms with Crippen LogP contribution < -0.4 is 10.2 Å². The fraction of sp³-hybridized carbons (Fsp3) is 0.263. The number of halogens is 2. The van der Waals surface area contributed by atoms with E-state index in [4.69, 9.17) is 0 Å². The van der Waals surface area contributed by atoms with Crippen LogP contribution in [0.1, 0.15) is 29.8 Å². The summed E-state index contributed by atoms with van der Waals surface area (Å²) in [5.74, 6) is -0.738. The maximum atomic E-state index is 12.6. The number of nitrogens with one attached hydrogen (secondary N) is 1. The second-order valence-electron chi connectivity index (χ2n) is 5.73. The number of carbonyl (C=O) groups excluding carboxylic acids is 1. The van der Waals surface area contributed by atoms with Crippen molar-refractivity contribution >= 4 is 22.1 Å². The zero-order chi connectivity index (χ0) is 21.4. The molecule has 0 atom stereocenters. The van der Waals surface area contributed by atoms with E-state index < -0.39 is 22.5 Å². The van der Waals surface area contributed by atoms with Gasteiger partial charge >= 0.3 is 6.61 Å². The molecule has 29 heavy (non-hydrogen) atoms. The molecule has 0 saturated carbocycles. The minimum atomic E-state index is -3.71. The van der Waals surface area contributed by atoms with Crippen molar-refractivity contribution in [3.63, 3.8) is 0 Å². The maximum absolute atomic E-state index is 12.6. The zero-order valence-electron chi connectivity index (χ0n) is 15.9. The first-order valence-electron chi connectivity index (χ1n) is 8.77. The lowest BCUT2D eigenvalue weighted by Crippen LogP contribution is -2.30. The summed E-state index contributed by atoms with van der Waals surface area (Å²) in [5.41, 5.74) is 2.57. The first-order chi connectivity index (χ1) is 13.8. The molecule has 0 radical (unpaired) electrons. The van der Waals surface area contributed by atoms with Gasteiger partial charge in [0.25, 0.3) is 5.91 Å². The number of rotatable bonds is 9. The molecule has 2 aromatic carbocycles. The molecule has 0 aliphatic heterocycles. The van der Waals surface area contributed by atoms with Gasteiger partial charge in [-0.15, -0.1) is 0 Å². The molecule has 156 valence electrons. The lowest BCUT2D eigenvalue weighted by atomic mass is 10.2. The number of sulfonamides is 1. The van der Waals surface area contributed by atoms with Gasteiger partial charge in [0.15, 0.2) is 0 Å². The number of hydrogen-bond donors (Lipinski definition) is 1. The van der Waals surface area contributed by atoms with Gasteiger partial charge in [-0.3, -0.25) is 4.79 Å². The maximum Gasteiger partial charge on any atom is 0.387 e. The summed E-state index contributed by atoms with van der Waals surface area (Å²) in [6.45, 7) is 1.07. The van der Waals surface area contributed by atoms with Crippen LogP contribution in [0.4, 0.5) is 8.78 Å². The Morgan fingerprint density at radius 3 is 2.52 bits per heavy atom. The van der Waals surface area contributed by atoms with Crippen molar-refractivity contribution in [2.45, 2.75) is 25.4 Å². The largest absolute Gasteiger partial charge is 0.434 e. The first kappa shape index (κ1) is 22.4. The summed E-state index contributed by atoms with van der Waals surface area (Å²) in [7, 11) is -3.71. The molecule has 0 spiro atoms. The summed E-state index contributed by atoms with van der Waals surface area (Å²) in [4.78, 5) is 12.3. The average Bonchev–Trinajstić information content (AvgIpc) is 2.69. The van der Waals surface area contributed by atoms with Crippen molar-refractivity contribution in [3.05, 3.63) is 59.7 Å². The van der Waals surface area contributed by atoms with E-state index in [-0.39, 0.29) is 21.8 Å². The van der Waals surface area contributed by atoms with Crippen molar-refractivity contribution in [3.8, 4) is 5.75 Å². The smallest absolute Gasteiger partial charge is 0.387 e. The molecular weight excluding hydrogens is 404 g/mol. The highest BCUT2D eigenvalue weighted by atomic mass is 32.2. The third kappa shape index (κ3) is 5.81. The van der Waals surface area contributed by atoms with E-state index in [0.717, 1.165) is 6.21 Å². The number of ether oxygens (including phenoxy) is 1. The number of alkyl halides is 2. The Morgan fingerprint density at radius 2 is 1.86 bits per heavy atom. The van der Waals surface area contributed by atoms with Crippen LogP contribution in [0.3, 0.4) is 0 Å². The van der Waals surface area contributed by atoms with Crippen LogP contribution >= 0.6 is 0 Å². The zero-order valence-corrected chi connectivity index (χ0v) is 16.7. The van der Waals surface area contributed by atoms with Crippen LogP contribution in [0.25, 0.3) is 0 Å². The lowest BCUT2D eigenvalue weighted by molar-refractivity contribution is -0.0499. The number of hydrazone groups is 1. The molecule has 0 fully saturated rings. The Labute approximate surface area is 168 Å². The van der Waals surface area contributed by atoms with Crippen LogP contribution in [0, 0.1) is 0 Å². The molecule has 2 rings (SSSR count). The number of para-hydroxylation sites is 1. The Morgan fingerprint density at radius 1 is 1.17 bits per heavy atom. The Hall–Kier alpha value is -2.85. The van der Waals surface area contributed by atoms with E-state index in [9.17, 15) is 22.0 Å². The molecule has 0 saturated heterocycles. The number of benzene rings is 2. The van der Waals surface area contributed by atoms with Gasteiger partial charge in [-0.1, -0.05) is 32.0 Å². The summed E-state index contributed by atoms with van der Waals surface area (Å²) in [6, 6.07) is 11.5. The van der Waals surface area contributed by atoms with Crippen LogP contribution in [-0.2, 0) is 10.0 Å². The van der Waals surface area contributed by atoms with Crippen LogP contribution in [0.15, 0.2) is 58.5 Å². The van der Waals surface area contributed by atoms with E-state index >= 15 is 0 Å². The molecule has 2 aromatic rings. The van der Waals surface area contributed by atoms with E-state index in [1.54, 1.807) is 19.9 Å². The molecule has 7 nitrogen and oxygen atoms in total. The van der Waals surface area contributed by atoms with Gasteiger partial charge in [0, 0.05) is 24.2 Å². The summed E-state index contributed by atoms with van der Waals surface area (Å²) >= 11 is 0. The van der Waals surface area contributed by atoms with Crippen LogP contribution in [0.2, 0.25) is 0 Å². The van der Waals surface area contributed by atoms with Gasteiger partial charge < -0.3 is 4.74 Å². The minimum absolute atomic E-state index is 0.00601. The molecule has 1 amide bonds. The summed E-state index contributed by atoms with van der Waals surface area (Å²) < 4.78 is 55.7. The Balaban J connectivity index is 2.16. The van der Waals surface area contributed by atoms with Gasteiger partial charge in [0.2, 0.25) is 10.0 Å². The topological polar surface area (TPSA) is 88.1 Å². The van der Waals surface area contributed by atoms with E-state index in [1.165, 1.54) is 46.8 Å². The van der Waals surface area contributed by atoms with E-state index in [2.05, 4.69) is 15.3 Å². The third-order valence-electron chi connectivity index (χ3n) is 3.94. The third-order valence-corrected chi connectivity index (χ3v) is 5.99. The van der Waals surface area contributed by atoms with E-state index in [0.29, 0.717) is 13.1 Å². The summed E-state index contributed by atoms with van der Waals surface area (Å²) in [5, 5.41) is 3.74. The lowest BCUT2D eigenvalue weighted by Gasteiger charge is -2.18. The quantitative estimate of drug-likeness (QED) is 0.494. The molecule has 0 aliphatic carbocycles. The fourth-order valence-electron chi connectivity index (χ4n) is 2.53. The van der Waals surface area contributed by atoms with Crippen molar-refractivity contribution in [2.24, 2.45) is 5.10 Å². The Kier molecular flexibility index (Phi) is 7.80. The molecule has 0 unspecified atom stereocenters. The molecule has 0 aromatic heterocycles. The van der Waals surface area contributed by atoms with Gasteiger partial charge in [-0.05, 0) is 30.3 Å². The molecule has 10 heteroatoms. The number of carbonyl (C=O) groups is 1. The van der Waals surface area contributed by atoms with E-state index in [1.807, 2.05) is 0 Å². The highest BCUT2D eigenvalue weighted by Crippen LogP contribution is 2.19. The van der Waals surface area contributed by atoms with Crippen LogP contribution in [-0.4, -0.2) is 44.5 Å². The average molecular weight is 425 g/mol. The minimum Gasteiger partial charge on any atom is -0.434 e. The van der Waals surface area contributed by atoms with Crippen molar-refractivity contribution < 1.29 is 26.7 Å². The summed E-state index contributed by atoms with van der Waals surface area (Å²) in [6.07, 6.45) is 1.16. The Bertz CT molecular complexity index is 977. The normalized spacial score (nSPS) is 11.9. The second kappa shape index (κ2) is 10.1. The monoisotopic (exact) mass is 425 g/mol. The molecule has 0 aliphatic rings. The highest BCUT2D eigenvalue weighted by molar-refractivity contribution is 7.89. The second-order valence-corrected chi connectivity index (χ2v) is 7.67. The molecule has 1 N–H and O–H groups in total. The molecular formula is C19H21F2N3O4S. The predicted molar refractivity (Wildman–Crippen MR) is 105 cm³/mol.